The summed E-state index contributed by atoms with van der Waals surface area (Å²) in [4.78, 5) is 26.2. The van der Waals surface area contributed by atoms with Crippen LogP contribution in [0.2, 0.25) is 0 Å². The van der Waals surface area contributed by atoms with E-state index in [0.717, 1.165) is 5.56 Å². The molecule has 5 heteroatoms. The molecule has 1 N–H and O–H groups in total. The average Bonchev–Trinajstić information content (AvgIpc) is 2.47. The number of nitrogens with one attached hydrogen (secondary N) is 1. The predicted molar refractivity (Wildman–Crippen MR) is 81.6 cm³/mol. The van der Waals surface area contributed by atoms with Crippen molar-refractivity contribution >= 4 is 11.8 Å². The number of ether oxygens (including phenoxy) is 1. The van der Waals surface area contributed by atoms with Crippen LogP contribution >= 0.6 is 0 Å². The zero-order chi connectivity index (χ0) is 15.9. The number of rotatable bonds is 7. The van der Waals surface area contributed by atoms with E-state index in [1.165, 1.54) is 0 Å². The lowest BCUT2D eigenvalue weighted by Gasteiger charge is -2.28. The van der Waals surface area contributed by atoms with Crippen LogP contribution in [0.25, 0.3) is 0 Å². The van der Waals surface area contributed by atoms with Crippen molar-refractivity contribution in [3.63, 3.8) is 0 Å². The Kier molecular flexibility index (Phi) is 6.37. The van der Waals surface area contributed by atoms with Crippen molar-refractivity contribution in [2.24, 2.45) is 5.41 Å². The number of amides is 2. The van der Waals surface area contributed by atoms with Gasteiger partial charge in [0.05, 0.1) is 6.61 Å². The highest BCUT2D eigenvalue weighted by molar-refractivity contribution is 6.04. The van der Waals surface area contributed by atoms with Gasteiger partial charge in [-0.2, -0.15) is 0 Å². The van der Waals surface area contributed by atoms with Gasteiger partial charge in [0.2, 0.25) is 11.8 Å². The predicted octanol–water partition coefficient (Wildman–Crippen LogP) is 1.43. The van der Waals surface area contributed by atoms with Crippen molar-refractivity contribution in [2.75, 3.05) is 27.3 Å². The quantitative estimate of drug-likeness (QED) is 0.611. The molecule has 0 aliphatic heterocycles. The topological polar surface area (TPSA) is 58.6 Å². The molecular weight excluding hydrogens is 268 g/mol. The molecule has 0 aromatic heterocycles. The minimum Gasteiger partial charge on any atom is -0.383 e. The Labute approximate surface area is 126 Å². The van der Waals surface area contributed by atoms with Crippen LogP contribution in [0.4, 0.5) is 0 Å². The van der Waals surface area contributed by atoms with Gasteiger partial charge < -0.3 is 15.0 Å². The lowest BCUT2D eigenvalue weighted by molar-refractivity contribution is -0.148. The molecule has 0 spiro atoms. The monoisotopic (exact) mass is 292 g/mol. The van der Waals surface area contributed by atoms with E-state index in [2.05, 4.69) is 5.32 Å². The van der Waals surface area contributed by atoms with Crippen molar-refractivity contribution in [3.8, 4) is 0 Å². The zero-order valence-electron chi connectivity index (χ0n) is 13.2. The van der Waals surface area contributed by atoms with Crippen LogP contribution in [0.5, 0.6) is 0 Å². The Hall–Kier alpha value is -1.88. The second-order valence-electron chi connectivity index (χ2n) is 5.52. The van der Waals surface area contributed by atoms with Gasteiger partial charge in [0, 0.05) is 27.2 Å². The highest BCUT2D eigenvalue weighted by Crippen LogP contribution is 2.19. The maximum absolute atomic E-state index is 12.5. The fraction of sp³-hybridized carbons (Fsp3) is 0.500. The molecule has 0 saturated carbocycles. The first kappa shape index (κ1) is 17.2. The first-order valence-electron chi connectivity index (χ1n) is 6.96. The Bertz CT molecular complexity index is 472. The second-order valence-corrected chi connectivity index (χ2v) is 5.52. The van der Waals surface area contributed by atoms with Crippen molar-refractivity contribution in [2.45, 2.75) is 20.4 Å². The highest BCUT2D eigenvalue weighted by Gasteiger charge is 2.37. The molecule has 0 atom stereocenters. The van der Waals surface area contributed by atoms with Crippen LogP contribution < -0.4 is 5.32 Å². The lowest BCUT2D eigenvalue weighted by atomic mass is 9.90. The standard InChI is InChI=1S/C16H24N2O3/c1-16(2,14(19)17-10-11-21-4)15(20)18(3)12-13-8-6-5-7-9-13/h5-9H,10-12H2,1-4H3,(H,17,19). The van der Waals surface area contributed by atoms with Crippen LogP contribution in [-0.2, 0) is 20.9 Å². The maximum atomic E-state index is 12.5. The SMILES string of the molecule is COCCNC(=O)C(C)(C)C(=O)N(C)Cc1ccccc1. The normalized spacial score (nSPS) is 11.0. The molecule has 5 nitrogen and oxygen atoms in total. The van der Waals surface area contributed by atoms with E-state index in [-0.39, 0.29) is 11.8 Å². The number of carbonyl (C=O) groups excluding carboxylic acids is 2. The third-order valence-corrected chi connectivity index (χ3v) is 3.30. The molecule has 1 aromatic rings. The van der Waals surface area contributed by atoms with Crippen LogP contribution in [0, 0.1) is 5.41 Å². The average molecular weight is 292 g/mol. The molecule has 0 radical (unpaired) electrons. The summed E-state index contributed by atoms with van der Waals surface area (Å²) in [5, 5.41) is 2.71. The number of methoxy groups -OCH3 is 1. The number of hydrogen-bond donors (Lipinski definition) is 1. The van der Waals surface area contributed by atoms with Crippen LogP contribution in [-0.4, -0.2) is 44.0 Å². The summed E-state index contributed by atoms with van der Waals surface area (Å²) in [6.07, 6.45) is 0. The first-order chi connectivity index (χ1) is 9.89. The van der Waals surface area contributed by atoms with Crippen molar-refractivity contribution in [1.82, 2.24) is 10.2 Å². The van der Waals surface area contributed by atoms with Gasteiger partial charge in [-0.1, -0.05) is 30.3 Å². The third-order valence-electron chi connectivity index (χ3n) is 3.30. The molecule has 0 aliphatic rings. The minimum atomic E-state index is -1.10. The molecule has 0 saturated heterocycles. The number of benzene rings is 1. The number of carbonyl (C=O) groups is 2. The number of nitrogens with zero attached hydrogens (tertiary/aromatic N) is 1. The van der Waals surface area contributed by atoms with Gasteiger partial charge in [0.1, 0.15) is 5.41 Å². The maximum Gasteiger partial charge on any atom is 0.237 e. The van der Waals surface area contributed by atoms with Gasteiger partial charge in [0.25, 0.3) is 0 Å². The van der Waals surface area contributed by atoms with E-state index in [1.807, 2.05) is 30.3 Å². The Morgan fingerprint density at radius 3 is 2.43 bits per heavy atom. The molecule has 0 heterocycles. The van der Waals surface area contributed by atoms with E-state index in [0.29, 0.717) is 19.7 Å². The second kappa shape index (κ2) is 7.78. The lowest BCUT2D eigenvalue weighted by Crippen LogP contribution is -2.48. The largest absolute Gasteiger partial charge is 0.383 e. The summed E-state index contributed by atoms with van der Waals surface area (Å²) in [5.74, 6) is -0.495. The molecular formula is C16H24N2O3. The molecule has 0 fully saturated rings. The van der Waals surface area contributed by atoms with E-state index >= 15 is 0 Å². The van der Waals surface area contributed by atoms with Crippen LogP contribution in [0.3, 0.4) is 0 Å². The van der Waals surface area contributed by atoms with Gasteiger partial charge in [-0.05, 0) is 19.4 Å². The molecule has 0 bridgehead atoms. The van der Waals surface area contributed by atoms with Gasteiger partial charge >= 0.3 is 0 Å². The molecule has 1 aromatic carbocycles. The molecule has 2 amide bonds. The Morgan fingerprint density at radius 1 is 1.24 bits per heavy atom. The van der Waals surface area contributed by atoms with E-state index in [1.54, 1.807) is 32.9 Å². The third kappa shape index (κ3) is 4.86. The van der Waals surface area contributed by atoms with Crippen molar-refractivity contribution in [3.05, 3.63) is 35.9 Å². The number of hydrogen-bond acceptors (Lipinski definition) is 3. The van der Waals surface area contributed by atoms with Crippen LogP contribution in [0.15, 0.2) is 30.3 Å². The van der Waals surface area contributed by atoms with E-state index in [4.69, 9.17) is 4.74 Å². The highest BCUT2D eigenvalue weighted by atomic mass is 16.5. The summed E-state index contributed by atoms with van der Waals surface area (Å²) in [6, 6.07) is 9.69. The Morgan fingerprint density at radius 2 is 1.86 bits per heavy atom. The van der Waals surface area contributed by atoms with E-state index in [9.17, 15) is 9.59 Å². The summed E-state index contributed by atoms with van der Waals surface area (Å²) < 4.78 is 4.88. The van der Waals surface area contributed by atoms with E-state index < -0.39 is 5.41 Å². The van der Waals surface area contributed by atoms with Crippen LogP contribution in [0.1, 0.15) is 19.4 Å². The fourth-order valence-electron chi connectivity index (χ4n) is 1.99. The Balaban J connectivity index is 2.64. The smallest absolute Gasteiger partial charge is 0.237 e. The summed E-state index contributed by atoms with van der Waals surface area (Å²) in [5.41, 5.74) is -0.0685. The van der Waals surface area contributed by atoms with Gasteiger partial charge in [-0.15, -0.1) is 0 Å². The van der Waals surface area contributed by atoms with Gasteiger partial charge in [0.15, 0.2) is 0 Å². The molecule has 0 aliphatic carbocycles. The summed E-state index contributed by atoms with van der Waals surface area (Å²) in [7, 11) is 3.27. The first-order valence-corrected chi connectivity index (χ1v) is 6.96. The molecule has 116 valence electrons. The summed E-state index contributed by atoms with van der Waals surface area (Å²) in [6.45, 7) is 4.58. The van der Waals surface area contributed by atoms with Gasteiger partial charge in [-0.3, -0.25) is 9.59 Å². The molecule has 1 rings (SSSR count). The van der Waals surface area contributed by atoms with Crippen molar-refractivity contribution < 1.29 is 14.3 Å². The van der Waals surface area contributed by atoms with Gasteiger partial charge in [-0.25, -0.2) is 0 Å². The fourth-order valence-corrected chi connectivity index (χ4v) is 1.99. The molecule has 21 heavy (non-hydrogen) atoms. The summed E-state index contributed by atoms with van der Waals surface area (Å²) >= 11 is 0. The van der Waals surface area contributed by atoms with Crippen molar-refractivity contribution in [1.29, 1.82) is 0 Å². The zero-order valence-corrected chi connectivity index (χ0v) is 13.2. The molecule has 0 unspecified atom stereocenters. The minimum absolute atomic E-state index is 0.207.